The van der Waals surface area contributed by atoms with E-state index in [1.807, 2.05) is 30.3 Å². The van der Waals surface area contributed by atoms with E-state index in [2.05, 4.69) is 48.5 Å². The van der Waals surface area contributed by atoms with Crippen molar-refractivity contribution in [3.05, 3.63) is 95.6 Å². The third kappa shape index (κ3) is 3.28. The summed E-state index contributed by atoms with van der Waals surface area (Å²) < 4.78 is 11.9. The van der Waals surface area contributed by atoms with Crippen LogP contribution < -0.4 is 9.47 Å². The molecule has 0 bridgehead atoms. The van der Waals surface area contributed by atoms with Crippen LogP contribution in [0.5, 0.6) is 11.5 Å². The van der Waals surface area contributed by atoms with E-state index in [-0.39, 0.29) is 0 Å². The molecule has 0 amide bonds. The van der Waals surface area contributed by atoms with E-state index in [0.29, 0.717) is 12.5 Å². The highest BCUT2D eigenvalue weighted by atomic mass is 16.5. The smallest absolute Gasteiger partial charge is 0.126 e. The minimum atomic E-state index is 0.426. The van der Waals surface area contributed by atoms with Crippen LogP contribution in [-0.4, -0.2) is 6.61 Å². The Morgan fingerprint density at radius 1 is 0.875 bits per heavy atom. The molecule has 0 spiro atoms. The second kappa shape index (κ2) is 6.79. The van der Waals surface area contributed by atoms with Gasteiger partial charge >= 0.3 is 0 Å². The fourth-order valence-corrected chi connectivity index (χ4v) is 3.12. The van der Waals surface area contributed by atoms with Gasteiger partial charge in [0.2, 0.25) is 0 Å². The SMILES string of the molecule is c1ccc(COc2ccc3c(c2)OCC(c2ccccc2)C3)cc1. The van der Waals surface area contributed by atoms with Gasteiger partial charge in [0.25, 0.3) is 0 Å². The molecule has 120 valence electrons. The van der Waals surface area contributed by atoms with Crippen molar-refractivity contribution >= 4 is 0 Å². The molecule has 1 atom stereocenters. The average molecular weight is 316 g/mol. The number of rotatable bonds is 4. The van der Waals surface area contributed by atoms with Gasteiger partial charge in [-0.05, 0) is 29.2 Å². The van der Waals surface area contributed by atoms with Crippen molar-refractivity contribution in [2.45, 2.75) is 18.9 Å². The normalized spacial score (nSPS) is 16.1. The summed E-state index contributed by atoms with van der Waals surface area (Å²) in [5.74, 6) is 2.23. The van der Waals surface area contributed by atoms with Crippen LogP contribution in [0.25, 0.3) is 0 Å². The van der Waals surface area contributed by atoms with Crippen LogP contribution in [0, 0.1) is 0 Å². The quantitative estimate of drug-likeness (QED) is 0.675. The van der Waals surface area contributed by atoms with Crippen molar-refractivity contribution in [3.63, 3.8) is 0 Å². The number of ether oxygens (including phenoxy) is 2. The summed E-state index contributed by atoms with van der Waals surface area (Å²) in [7, 11) is 0. The molecule has 0 N–H and O–H groups in total. The van der Waals surface area contributed by atoms with Gasteiger partial charge in [0, 0.05) is 12.0 Å². The van der Waals surface area contributed by atoms with Gasteiger partial charge in [-0.2, -0.15) is 0 Å². The van der Waals surface area contributed by atoms with Gasteiger partial charge in [0.05, 0.1) is 6.61 Å². The summed E-state index contributed by atoms with van der Waals surface area (Å²) in [6.45, 7) is 1.30. The molecule has 3 aromatic rings. The first-order valence-electron chi connectivity index (χ1n) is 8.36. The molecule has 0 aromatic heterocycles. The molecule has 0 fully saturated rings. The zero-order valence-electron chi connectivity index (χ0n) is 13.5. The third-order valence-electron chi connectivity index (χ3n) is 4.46. The molecule has 4 rings (SSSR count). The highest BCUT2D eigenvalue weighted by Crippen LogP contribution is 2.34. The average Bonchev–Trinajstić information content (AvgIpc) is 2.67. The lowest BCUT2D eigenvalue weighted by Crippen LogP contribution is -2.19. The van der Waals surface area contributed by atoms with Gasteiger partial charge < -0.3 is 9.47 Å². The maximum Gasteiger partial charge on any atom is 0.126 e. The van der Waals surface area contributed by atoms with E-state index in [4.69, 9.17) is 9.47 Å². The van der Waals surface area contributed by atoms with Gasteiger partial charge in [-0.1, -0.05) is 66.7 Å². The maximum absolute atomic E-state index is 6.00. The van der Waals surface area contributed by atoms with Crippen molar-refractivity contribution in [2.75, 3.05) is 6.61 Å². The number of hydrogen-bond donors (Lipinski definition) is 0. The van der Waals surface area contributed by atoms with Crippen LogP contribution in [0.15, 0.2) is 78.9 Å². The lowest BCUT2D eigenvalue weighted by atomic mass is 9.90. The van der Waals surface area contributed by atoms with Gasteiger partial charge in [-0.15, -0.1) is 0 Å². The molecular formula is C22H20O2. The minimum Gasteiger partial charge on any atom is -0.493 e. The summed E-state index contributed by atoms with van der Waals surface area (Å²) in [5, 5.41) is 0. The summed E-state index contributed by atoms with van der Waals surface area (Å²) in [5.41, 5.74) is 3.76. The molecule has 0 aliphatic carbocycles. The first-order chi connectivity index (χ1) is 11.9. The van der Waals surface area contributed by atoms with Crippen LogP contribution in [0.1, 0.15) is 22.6 Å². The van der Waals surface area contributed by atoms with Crippen LogP contribution in [0.4, 0.5) is 0 Å². The van der Waals surface area contributed by atoms with E-state index in [1.54, 1.807) is 0 Å². The summed E-state index contributed by atoms with van der Waals surface area (Å²) in [6.07, 6.45) is 1.01. The van der Waals surface area contributed by atoms with Crippen LogP contribution in [0.2, 0.25) is 0 Å². The van der Waals surface area contributed by atoms with Crippen molar-refractivity contribution in [1.29, 1.82) is 0 Å². The molecule has 2 nitrogen and oxygen atoms in total. The Morgan fingerprint density at radius 2 is 1.62 bits per heavy atom. The third-order valence-corrected chi connectivity index (χ3v) is 4.46. The van der Waals surface area contributed by atoms with Crippen molar-refractivity contribution in [2.24, 2.45) is 0 Å². The Morgan fingerprint density at radius 3 is 2.42 bits per heavy atom. The molecule has 0 radical (unpaired) electrons. The Balaban J connectivity index is 1.45. The minimum absolute atomic E-state index is 0.426. The van der Waals surface area contributed by atoms with Crippen molar-refractivity contribution in [3.8, 4) is 11.5 Å². The van der Waals surface area contributed by atoms with E-state index in [0.717, 1.165) is 24.5 Å². The highest BCUT2D eigenvalue weighted by Gasteiger charge is 2.21. The zero-order valence-corrected chi connectivity index (χ0v) is 13.5. The summed E-state index contributed by atoms with van der Waals surface area (Å²) in [6, 6.07) is 27.0. The standard InChI is InChI=1S/C22H20O2/c1-3-7-17(8-4-1)15-23-21-12-11-19-13-20(16-24-22(19)14-21)18-9-5-2-6-10-18/h1-12,14,20H,13,15-16H2. The highest BCUT2D eigenvalue weighted by molar-refractivity contribution is 5.43. The maximum atomic E-state index is 6.00. The number of hydrogen-bond acceptors (Lipinski definition) is 2. The molecule has 3 aromatic carbocycles. The van der Waals surface area contributed by atoms with Crippen LogP contribution in [0.3, 0.4) is 0 Å². The molecule has 0 saturated heterocycles. The van der Waals surface area contributed by atoms with E-state index >= 15 is 0 Å². The fraction of sp³-hybridized carbons (Fsp3) is 0.182. The second-order valence-corrected chi connectivity index (χ2v) is 6.17. The first-order valence-corrected chi connectivity index (χ1v) is 8.36. The predicted octanol–water partition coefficient (Wildman–Crippen LogP) is 4.98. The summed E-state index contributed by atoms with van der Waals surface area (Å²) in [4.78, 5) is 0. The van der Waals surface area contributed by atoms with Crippen molar-refractivity contribution < 1.29 is 9.47 Å². The Kier molecular flexibility index (Phi) is 4.20. The lowest BCUT2D eigenvalue weighted by molar-refractivity contribution is 0.257. The fourth-order valence-electron chi connectivity index (χ4n) is 3.12. The Labute approximate surface area is 142 Å². The van der Waals surface area contributed by atoms with Crippen LogP contribution >= 0.6 is 0 Å². The number of fused-ring (bicyclic) bond motifs is 1. The largest absolute Gasteiger partial charge is 0.493 e. The molecular weight excluding hydrogens is 296 g/mol. The first kappa shape index (κ1) is 14.8. The second-order valence-electron chi connectivity index (χ2n) is 6.17. The van der Waals surface area contributed by atoms with E-state index < -0.39 is 0 Å². The Hall–Kier alpha value is -2.74. The zero-order chi connectivity index (χ0) is 16.2. The molecule has 1 aliphatic heterocycles. The van der Waals surface area contributed by atoms with Gasteiger partial charge in [-0.25, -0.2) is 0 Å². The van der Waals surface area contributed by atoms with Gasteiger partial charge in [-0.3, -0.25) is 0 Å². The molecule has 1 unspecified atom stereocenters. The Bertz CT molecular complexity index is 797. The summed E-state index contributed by atoms with van der Waals surface area (Å²) >= 11 is 0. The molecule has 0 saturated carbocycles. The van der Waals surface area contributed by atoms with E-state index in [9.17, 15) is 0 Å². The van der Waals surface area contributed by atoms with Gasteiger partial charge in [0.1, 0.15) is 18.1 Å². The monoisotopic (exact) mass is 316 g/mol. The lowest BCUT2D eigenvalue weighted by Gasteiger charge is -2.26. The van der Waals surface area contributed by atoms with Gasteiger partial charge in [0.15, 0.2) is 0 Å². The number of benzene rings is 3. The van der Waals surface area contributed by atoms with Crippen molar-refractivity contribution in [1.82, 2.24) is 0 Å². The molecule has 1 aliphatic rings. The van der Waals surface area contributed by atoms with Crippen LogP contribution in [-0.2, 0) is 13.0 Å². The topological polar surface area (TPSA) is 18.5 Å². The van der Waals surface area contributed by atoms with E-state index in [1.165, 1.54) is 16.7 Å². The molecule has 1 heterocycles. The predicted molar refractivity (Wildman–Crippen MR) is 95.6 cm³/mol. The molecule has 24 heavy (non-hydrogen) atoms. The molecule has 2 heteroatoms.